The minimum absolute atomic E-state index is 0.0486. The number of furan rings is 1. The predicted molar refractivity (Wildman–Crippen MR) is 77.4 cm³/mol. The molecule has 4 nitrogen and oxygen atoms in total. The van der Waals surface area contributed by atoms with Gasteiger partial charge in [-0.05, 0) is 36.8 Å². The molecule has 4 heteroatoms. The lowest BCUT2D eigenvalue weighted by Gasteiger charge is -2.10. The van der Waals surface area contributed by atoms with E-state index in [0.29, 0.717) is 31.2 Å². The van der Waals surface area contributed by atoms with Crippen molar-refractivity contribution < 1.29 is 14.3 Å². The molecule has 1 aromatic heterocycles. The molecule has 0 bridgehead atoms. The van der Waals surface area contributed by atoms with Crippen molar-refractivity contribution in [2.45, 2.75) is 45.4 Å². The molecule has 1 saturated carbocycles. The number of hydrogen-bond donors (Lipinski definition) is 2. The Balaban J connectivity index is 1.66. The molecular formula is C16H25NO3. The van der Waals surface area contributed by atoms with Gasteiger partial charge >= 0.3 is 0 Å². The number of amides is 1. The molecule has 1 fully saturated rings. The molecular weight excluding hydrogens is 254 g/mol. The van der Waals surface area contributed by atoms with Crippen LogP contribution in [0.1, 0.15) is 50.5 Å². The molecule has 0 saturated heterocycles. The van der Waals surface area contributed by atoms with Gasteiger partial charge < -0.3 is 14.8 Å². The van der Waals surface area contributed by atoms with Crippen molar-refractivity contribution in [3.63, 3.8) is 0 Å². The molecule has 112 valence electrons. The maximum absolute atomic E-state index is 11.7. The molecule has 20 heavy (non-hydrogen) atoms. The van der Waals surface area contributed by atoms with E-state index in [4.69, 9.17) is 9.52 Å². The Labute approximate surface area is 120 Å². The SMILES string of the molecule is CC(CCO)CNC(=O)CCc1ccc(C2CC2C)o1. The summed E-state index contributed by atoms with van der Waals surface area (Å²) in [5.74, 6) is 3.67. The summed E-state index contributed by atoms with van der Waals surface area (Å²) < 4.78 is 5.78. The highest BCUT2D eigenvalue weighted by Crippen LogP contribution is 2.47. The number of carbonyl (C=O) groups is 1. The summed E-state index contributed by atoms with van der Waals surface area (Å²) >= 11 is 0. The third-order valence-electron chi connectivity index (χ3n) is 4.03. The Morgan fingerprint density at radius 2 is 2.30 bits per heavy atom. The second kappa shape index (κ2) is 6.93. The summed E-state index contributed by atoms with van der Waals surface area (Å²) in [6.07, 6.45) is 3.05. The van der Waals surface area contributed by atoms with Crippen LogP contribution in [0.3, 0.4) is 0 Å². The van der Waals surface area contributed by atoms with E-state index >= 15 is 0 Å². The van der Waals surface area contributed by atoms with Crippen molar-refractivity contribution in [1.82, 2.24) is 5.32 Å². The van der Waals surface area contributed by atoms with E-state index in [-0.39, 0.29) is 12.5 Å². The quantitative estimate of drug-likeness (QED) is 0.768. The number of carbonyl (C=O) groups excluding carboxylic acids is 1. The van der Waals surface area contributed by atoms with E-state index in [1.807, 2.05) is 19.1 Å². The summed E-state index contributed by atoms with van der Waals surface area (Å²) in [6, 6.07) is 4.03. The molecule has 1 aromatic rings. The monoisotopic (exact) mass is 279 g/mol. The van der Waals surface area contributed by atoms with E-state index < -0.39 is 0 Å². The van der Waals surface area contributed by atoms with Crippen LogP contribution in [0, 0.1) is 11.8 Å². The van der Waals surface area contributed by atoms with Gasteiger partial charge in [0.1, 0.15) is 11.5 Å². The lowest BCUT2D eigenvalue weighted by molar-refractivity contribution is -0.121. The number of aliphatic hydroxyl groups is 1. The molecule has 1 aliphatic carbocycles. The molecule has 0 aliphatic heterocycles. The third kappa shape index (κ3) is 4.37. The van der Waals surface area contributed by atoms with Gasteiger partial charge in [0.25, 0.3) is 0 Å². The summed E-state index contributed by atoms with van der Waals surface area (Å²) in [7, 11) is 0. The fourth-order valence-electron chi connectivity index (χ4n) is 2.38. The second-order valence-electron chi connectivity index (χ2n) is 6.05. The first-order chi connectivity index (χ1) is 9.60. The van der Waals surface area contributed by atoms with Crippen molar-refractivity contribution in [2.24, 2.45) is 11.8 Å². The Kier molecular flexibility index (Phi) is 5.24. The second-order valence-corrected chi connectivity index (χ2v) is 6.05. The molecule has 3 atom stereocenters. The molecule has 3 unspecified atom stereocenters. The minimum Gasteiger partial charge on any atom is -0.466 e. The van der Waals surface area contributed by atoms with Crippen molar-refractivity contribution in [3.8, 4) is 0 Å². The molecule has 0 spiro atoms. The van der Waals surface area contributed by atoms with Crippen LogP contribution < -0.4 is 5.32 Å². The van der Waals surface area contributed by atoms with Gasteiger partial charge in [0, 0.05) is 31.9 Å². The topological polar surface area (TPSA) is 62.5 Å². The molecule has 1 heterocycles. The van der Waals surface area contributed by atoms with Crippen LogP contribution >= 0.6 is 0 Å². The fraction of sp³-hybridized carbons (Fsp3) is 0.688. The molecule has 0 aromatic carbocycles. The van der Waals surface area contributed by atoms with Gasteiger partial charge in [0.15, 0.2) is 0 Å². The van der Waals surface area contributed by atoms with Gasteiger partial charge in [-0.25, -0.2) is 0 Å². The Hall–Kier alpha value is -1.29. The molecule has 2 N–H and O–H groups in total. The number of aliphatic hydroxyl groups excluding tert-OH is 1. The van der Waals surface area contributed by atoms with Gasteiger partial charge in [-0.2, -0.15) is 0 Å². The van der Waals surface area contributed by atoms with Crippen molar-refractivity contribution in [3.05, 3.63) is 23.7 Å². The zero-order valence-corrected chi connectivity index (χ0v) is 12.4. The van der Waals surface area contributed by atoms with Crippen LogP contribution in [0.5, 0.6) is 0 Å². The normalized spacial score (nSPS) is 22.6. The van der Waals surface area contributed by atoms with E-state index in [1.54, 1.807) is 0 Å². The van der Waals surface area contributed by atoms with Gasteiger partial charge in [-0.3, -0.25) is 4.79 Å². The molecule has 1 aliphatic rings. The lowest BCUT2D eigenvalue weighted by Crippen LogP contribution is -2.28. The first kappa shape index (κ1) is 15.1. The average Bonchev–Trinajstić information content (AvgIpc) is 2.97. The number of aryl methyl sites for hydroxylation is 1. The summed E-state index contributed by atoms with van der Waals surface area (Å²) in [6.45, 7) is 5.05. The largest absolute Gasteiger partial charge is 0.466 e. The summed E-state index contributed by atoms with van der Waals surface area (Å²) in [5.41, 5.74) is 0. The highest BCUT2D eigenvalue weighted by atomic mass is 16.3. The molecule has 2 rings (SSSR count). The Morgan fingerprint density at radius 1 is 1.55 bits per heavy atom. The fourth-order valence-corrected chi connectivity index (χ4v) is 2.38. The lowest BCUT2D eigenvalue weighted by atomic mass is 10.1. The third-order valence-corrected chi connectivity index (χ3v) is 4.03. The van der Waals surface area contributed by atoms with Gasteiger partial charge in [-0.1, -0.05) is 13.8 Å². The van der Waals surface area contributed by atoms with Gasteiger partial charge in [0.05, 0.1) is 0 Å². The number of nitrogens with one attached hydrogen (secondary N) is 1. The smallest absolute Gasteiger partial charge is 0.220 e. The zero-order valence-electron chi connectivity index (χ0n) is 12.4. The van der Waals surface area contributed by atoms with E-state index in [0.717, 1.165) is 23.9 Å². The molecule has 0 radical (unpaired) electrons. The highest BCUT2D eigenvalue weighted by Gasteiger charge is 2.36. The maximum Gasteiger partial charge on any atom is 0.220 e. The van der Waals surface area contributed by atoms with Crippen LogP contribution in [0.25, 0.3) is 0 Å². The minimum atomic E-state index is 0.0486. The average molecular weight is 279 g/mol. The van der Waals surface area contributed by atoms with Crippen LogP contribution in [0.4, 0.5) is 0 Å². The van der Waals surface area contributed by atoms with E-state index in [9.17, 15) is 4.79 Å². The first-order valence-electron chi connectivity index (χ1n) is 7.56. The van der Waals surface area contributed by atoms with Crippen LogP contribution in [0.2, 0.25) is 0 Å². The zero-order chi connectivity index (χ0) is 14.5. The van der Waals surface area contributed by atoms with Gasteiger partial charge in [0.2, 0.25) is 5.91 Å². The van der Waals surface area contributed by atoms with Crippen LogP contribution in [-0.2, 0) is 11.2 Å². The van der Waals surface area contributed by atoms with Crippen molar-refractivity contribution in [2.75, 3.05) is 13.2 Å². The van der Waals surface area contributed by atoms with Crippen molar-refractivity contribution in [1.29, 1.82) is 0 Å². The number of hydrogen-bond acceptors (Lipinski definition) is 3. The van der Waals surface area contributed by atoms with E-state index in [1.165, 1.54) is 6.42 Å². The van der Waals surface area contributed by atoms with Crippen molar-refractivity contribution >= 4 is 5.91 Å². The Morgan fingerprint density at radius 3 is 2.95 bits per heavy atom. The first-order valence-corrected chi connectivity index (χ1v) is 7.56. The van der Waals surface area contributed by atoms with Gasteiger partial charge in [-0.15, -0.1) is 0 Å². The van der Waals surface area contributed by atoms with E-state index in [2.05, 4.69) is 12.2 Å². The summed E-state index contributed by atoms with van der Waals surface area (Å²) in [4.78, 5) is 11.7. The maximum atomic E-state index is 11.7. The van der Waals surface area contributed by atoms with Crippen LogP contribution in [-0.4, -0.2) is 24.2 Å². The predicted octanol–water partition coefficient (Wildman–Crippen LogP) is 2.47. The standard InChI is InChI=1S/C16H25NO3/c1-11(7-8-18)10-17-16(19)6-4-13-3-5-15(20-13)14-9-12(14)2/h3,5,11-12,14,18H,4,6-10H2,1-2H3,(H,17,19). The number of rotatable bonds is 8. The summed E-state index contributed by atoms with van der Waals surface area (Å²) in [5, 5.41) is 11.7. The molecule has 1 amide bonds. The Bertz CT molecular complexity index is 441. The highest BCUT2D eigenvalue weighted by molar-refractivity contribution is 5.76. The van der Waals surface area contributed by atoms with Crippen LogP contribution in [0.15, 0.2) is 16.5 Å².